The average Bonchev–Trinajstić information content (AvgIpc) is 2.58. The predicted octanol–water partition coefficient (Wildman–Crippen LogP) is 2.85. The van der Waals surface area contributed by atoms with Crippen molar-refractivity contribution < 1.29 is 27.8 Å². The molecule has 27 heavy (non-hydrogen) atoms. The molecule has 6 nitrogen and oxygen atoms in total. The smallest absolute Gasteiger partial charge is 0.433 e. The van der Waals surface area contributed by atoms with E-state index in [2.05, 4.69) is 10.3 Å². The minimum absolute atomic E-state index is 0.0337. The maximum absolute atomic E-state index is 12.9. The molecule has 1 amide bonds. The van der Waals surface area contributed by atoms with Crippen molar-refractivity contribution in [2.45, 2.75) is 32.2 Å². The van der Waals surface area contributed by atoms with Crippen LogP contribution in [0.3, 0.4) is 0 Å². The molecular weight excluding hydrogens is 363 g/mol. The lowest BCUT2D eigenvalue weighted by atomic mass is 10.1. The highest BCUT2D eigenvalue weighted by atomic mass is 19.4. The van der Waals surface area contributed by atoms with Crippen LogP contribution in [0.5, 0.6) is 11.6 Å². The molecule has 1 aromatic heterocycles. The predicted molar refractivity (Wildman–Crippen MR) is 92.3 cm³/mol. The van der Waals surface area contributed by atoms with Gasteiger partial charge in [0.05, 0.1) is 5.60 Å². The summed E-state index contributed by atoms with van der Waals surface area (Å²) in [6, 6.07) is 8.04. The second kappa shape index (κ2) is 7.93. The van der Waals surface area contributed by atoms with Crippen LogP contribution in [-0.2, 0) is 12.7 Å². The van der Waals surface area contributed by atoms with Gasteiger partial charge in [-0.05, 0) is 43.7 Å². The van der Waals surface area contributed by atoms with Gasteiger partial charge >= 0.3 is 6.18 Å². The fourth-order valence-corrected chi connectivity index (χ4v) is 2.09. The molecule has 1 aromatic carbocycles. The van der Waals surface area contributed by atoms with E-state index < -0.39 is 23.4 Å². The number of nitrogens with one attached hydrogen (secondary N) is 1. The molecule has 0 fully saturated rings. The molecule has 0 saturated heterocycles. The molecule has 2 rings (SSSR count). The third kappa shape index (κ3) is 6.22. The summed E-state index contributed by atoms with van der Waals surface area (Å²) >= 11 is 0. The van der Waals surface area contributed by atoms with Gasteiger partial charge in [0.15, 0.2) is 0 Å². The molecule has 146 valence electrons. The van der Waals surface area contributed by atoms with Crippen LogP contribution in [0.1, 0.15) is 35.5 Å². The van der Waals surface area contributed by atoms with Gasteiger partial charge in [0.2, 0.25) is 5.88 Å². The first-order chi connectivity index (χ1) is 12.5. The number of carbonyl (C=O) groups excluding carboxylic acids is 1. The number of hydrogen-bond donors (Lipinski definition) is 3. The lowest BCUT2D eigenvalue weighted by molar-refractivity contribution is -0.141. The number of aromatic nitrogens is 1. The van der Waals surface area contributed by atoms with Crippen molar-refractivity contribution in [3.63, 3.8) is 0 Å². The Labute approximate surface area is 154 Å². The Morgan fingerprint density at radius 3 is 2.56 bits per heavy atom. The highest BCUT2D eigenvalue weighted by Crippen LogP contribution is 2.31. The second-order valence-electron chi connectivity index (χ2n) is 6.53. The quantitative estimate of drug-likeness (QED) is 0.713. The molecule has 0 spiro atoms. The van der Waals surface area contributed by atoms with Crippen molar-refractivity contribution in [2.75, 3.05) is 6.54 Å². The Morgan fingerprint density at radius 1 is 1.26 bits per heavy atom. The number of hydrogen-bond acceptors (Lipinski definition) is 5. The SMILES string of the molecule is CC(C)(O)CNC(=O)c1cccc(Oc2cc(CN)cc(C(F)(F)F)n2)c1. The molecule has 0 atom stereocenters. The van der Waals surface area contributed by atoms with E-state index >= 15 is 0 Å². The summed E-state index contributed by atoms with van der Waals surface area (Å²) in [4.78, 5) is 15.6. The minimum atomic E-state index is -4.64. The molecule has 2 aromatic rings. The first kappa shape index (κ1) is 20.7. The average molecular weight is 383 g/mol. The maximum Gasteiger partial charge on any atom is 0.433 e. The second-order valence-corrected chi connectivity index (χ2v) is 6.53. The van der Waals surface area contributed by atoms with Gasteiger partial charge in [-0.15, -0.1) is 0 Å². The summed E-state index contributed by atoms with van der Waals surface area (Å²) in [5.41, 5.74) is 3.68. The number of halogens is 3. The Morgan fingerprint density at radius 2 is 1.96 bits per heavy atom. The number of alkyl halides is 3. The van der Waals surface area contributed by atoms with E-state index in [4.69, 9.17) is 10.5 Å². The molecule has 0 radical (unpaired) electrons. The molecule has 1 heterocycles. The van der Waals surface area contributed by atoms with E-state index in [9.17, 15) is 23.1 Å². The lowest BCUT2D eigenvalue weighted by Crippen LogP contribution is -2.38. The van der Waals surface area contributed by atoms with Crippen LogP contribution >= 0.6 is 0 Å². The van der Waals surface area contributed by atoms with Crippen LogP contribution in [0, 0.1) is 0 Å². The highest BCUT2D eigenvalue weighted by molar-refractivity contribution is 5.94. The van der Waals surface area contributed by atoms with E-state index in [0.29, 0.717) is 0 Å². The number of amides is 1. The zero-order valence-corrected chi connectivity index (χ0v) is 14.8. The number of benzene rings is 1. The number of carbonyl (C=O) groups is 1. The fourth-order valence-electron chi connectivity index (χ4n) is 2.09. The van der Waals surface area contributed by atoms with Crippen molar-refractivity contribution in [1.29, 1.82) is 0 Å². The van der Waals surface area contributed by atoms with Crippen molar-refractivity contribution in [2.24, 2.45) is 5.73 Å². The Bertz CT molecular complexity index is 817. The topological polar surface area (TPSA) is 97.5 Å². The zero-order valence-electron chi connectivity index (χ0n) is 14.8. The van der Waals surface area contributed by atoms with Crippen LogP contribution in [0.15, 0.2) is 36.4 Å². The van der Waals surface area contributed by atoms with Gasteiger partial charge in [-0.25, -0.2) is 4.98 Å². The highest BCUT2D eigenvalue weighted by Gasteiger charge is 2.33. The standard InChI is InChI=1S/C18H20F3N3O3/c1-17(2,26)10-23-16(25)12-4-3-5-13(8-12)27-15-7-11(9-22)6-14(24-15)18(19,20)21/h3-8,26H,9-10,22H2,1-2H3,(H,23,25). The molecule has 0 aliphatic carbocycles. The van der Waals surface area contributed by atoms with Gasteiger partial charge in [-0.1, -0.05) is 6.07 Å². The summed E-state index contributed by atoms with van der Waals surface area (Å²) < 4.78 is 44.2. The summed E-state index contributed by atoms with van der Waals surface area (Å²) in [7, 11) is 0. The number of nitrogens with zero attached hydrogens (tertiary/aromatic N) is 1. The van der Waals surface area contributed by atoms with E-state index in [1.54, 1.807) is 13.8 Å². The Balaban J connectivity index is 2.22. The molecule has 4 N–H and O–H groups in total. The zero-order chi connectivity index (χ0) is 20.2. The van der Waals surface area contributed by atoms with Gasteiger partial charge < -0.3 is 20.9 Å². The minimum Gasteiger partial charge on any atom is -0.439 e. The summed E-state index contributed by atoms with van der Waals surface area (Å²) in [6.07, 6.45) is -4.64. The normalized spacial score (nSPS) is 12.0. The van der Waals surface area contributed by atoms with Gasteiger partial charge in [-0.3, -0.25) is 4.79 Å². The fraction of sp³-hybridized carbons (Fsp3) is 0.333. The molecule has 0 saturated carbocycles. The monoisotopic (exact) mass is 383 g/mol. The Kier molecular flexibility index (Phi) is 6.07. The molecule has 0 aliphatic rings. The van der Waals surface area contributed by atoms with E-state index in [1.165, 1.54) is 30.3 Å². The van der Waals surface area contributed by atoms with Crippen LogP contribution in [0.2, 0.25) is 0 Å². The van der Waals surface area contributed by atoms with Crippen molar-refractivity contribution in [1.82, 2.24) is 10.3 Å². The van der Waals surface area contributed by atoms with Crippen LogP contribution in [0.4, 0.5) is 13.2 Å². The van der Waals surface area contributed by atoms with Crippen LogP contribution in [0.25, 0.3) is 0 Å². The molecular formula is C18H20F3N3O3. The maximum atomic E-state index is 12.9. The van der Waals surface area contributed by atoms with Crippen molar-refractivity contribution in [3.05, 3.63) is 53.2 Å². The van der Waals surface area contributed by atoms with Crippen molar-refractivity contribution in [3.8, 4) is 11.6 Å². The largest absolute Gasteiger partial charge is 0.439 e. The summed E-state index contributed by atoms with van der Waals surface area (Å²) in [5, 5.41) is 12.2. The number of nitrogens with two attached hydrogens (primary N) is 1. The van der Waals surface area contributed by atoms with Crippen LogP contribution in [-0.4, -0.2) is 28.1 Å². The third-order valence-electron chi connectivity index (χ3n) is 3.39. The molecule has 0 bridgehead atoms. The van der Waals surface area contributed by atoms with E-state index in [0.717, 1.165) is 6.07 Å². The van der Waals surface area contributed by atoms with Gasteiger partial charge in [0.1, 0.15) is 11.4 Å². The molecule has 9 heteroatoms. The lowest BCUT2D eigenvalue weighted by Gasteiger charge is -2.17. The van der Waals surface area contributed by atoms with Gasteiger partial charge in [0, 0.05) is 24.7 Å². The Hall–Kier alpha value is -2.65. The van der Waals surface area contributed by atoms with E-state index in [-0.39, 0.29) is 35.8 Å². The summed E-state index contributed by atoms with van der Waals surface area (Å²) in [5.74, 6) is -0.595. The number of aliphatic hydroxyl groups is 1. The molecule has 0 aliphatic heterocycles. The first-order valence-corrected chi connectivity index (χ1v) is 8.05. The molecule has 0 unspecified atom stereocenters. The van der Waals surface area contributed by atoms with Gasteiger partial charge in [0.25, 0.3) is 5.91 Å². The van der Waals surface area contributed by atoms with E-state index in [1.807, 2.05) is 0 Å². The number of pyridine rings is 1. The van der Waals surface area contributed by atoms with Gasteiger partial charge in [-0.2, -0.15) is 13.2 Å². The van der Waals surface area contributed by atoms with Crippen molar-refractivity contribution >= 4 is 5.91 Å². The third-order valence-corrected chi connectivity index (χ3v) is 3.39. The number of rotatable bonds is 6. The first-order valence-electron chi connectivity index (χ1n) is 8.05. The van der Waals surface area contributed by atoms with Crippen LogP contribution < -0.4 is 15.8 Å². The number of ether oxygens (including phenoxy) is 1. The summed E-state index contributed by atoms with van der Waals surface area (Å²) in [6.45, 7) is 3.01.